The van der Waals surface area contributed by atoms with E-state index in [1.807, 2.05) is 37.3 Å². The van der Waals surface area contributed by atoms with Crippen molar-refractivity contribution in [2.45, 2.75) is 6.92 Å². The van der Waals surface area contributed by atoms with Crippen LogP contribution in [0.5, 0.6) is 0 Å². The van der Waals surface area contributed by atoms with Crippen LogP contribution in [0.15, 0.2) is 60.8 Å². The highest BCUT2D eigenvalue weighted by atomic mass is 14.5. The smallest absolute Gasteiger partial charge is 0.00550 e. The summed E-state index contributed by atoms with van der Waals surface area (Å²) >= 11 is 0. The zero-order valence-corrected chi connectivity index (χ0v) is 10.6. The molecular weight excluding hydrogens is 218 g/mol. The van der Waals surface area contributed by atoms with E-state index in [2.05, 4.69) is 36.9 Å². The summed E-state index contributed by atoms with van der Waals surface area (Å²) < 4.78 is 0. The fourth-order valence-corrected chi connectivity index (χ4v) is 1.94. The summed E-state index contributed by atoms with van der Waals surface area (Å²) in [7, 11) is 0. The van der Waals surface area contributed by atoms with Gasteiger partial charge in [0.05, 0.1) is 0 Å². The maximum absolute atomic E-state index is 5.72. The zero-order valence-electron chi connectivity index (χ0n) is 10.6. The maximum Gasteiger partial charge on any atom is 0.00550 e. The molecule has 0 bridgehead atoms. The molecule has 18 heavy (non-hydrogen) atoms. The largest absolute Gasteiger partial charge is 0.402 e. The van der Waals surface area contributed by atoms with Crippen molar-refractivity contribution >= 4 is 12.2 Å². The van der Waals surface area contributed by atoms with Crippen molar-refractivity contribution in [1.82, 2.24) is 0 Å². The van der Waals surface area contributed by atoms with Crippen LogP contribution in [0.2, 0.25) is 0 Å². The number of rotatable bonds is 3. The molecule has 1 nitrogen and oxygen atoms in total. The topological polar surface area (TPSA) is 26.0 Å². The third-order valence-corrected chi connectivity index (χ3v) is 2.80. The molecule has 2 aromatic rings. The van der Waals surface area contributed by atoms with Gasteiger partial charge in [0, 0.05) is 5.70 Å². The van der Waals surface area contributed by atoms with Crippen molar-refractivity contribution in [3.63, 3.8) is 0 Å². The summed E-state index contributed by atoms with van der Waals surface area (Å²) in [4.78, 5) is 0. The summed E-state index contributed by atoms with van der Waals surface area (Å²) in [6, 6.07) is 16.6. The highest BCUT2D eigenvalue weighted by Crippen LogP contribution is 2.24. The van der Waals surface area contributed by atoms with Crippen LogP contribution in [-0.2, 0) is 0 Å². The van der Waals surface area contributed by atoms with E-state index in [-0.39, 0.29) is 0 Å². The number of hydrogen-bond donors (Lipinski definition) is 1. The molecule has 0 aliphatic rings. The molecule has 90 valence electrons. The molecule has 0 amide bonds. The number of benzene rings is 2. The van der Waals surface area contributed by atoms with Gasteiger partial charge in [-0.05, 0) is 41.3 Å². The summed E-state index contributed by atoms with van der Waals surface area (Å²) in [5, 5.41) is 0. The Morgan fingerprint density at radius 2 is 1.72 bits per heavy atom. The summed E-state index contributed by atoms with van der Waals surface area (Å²) in [6.45, 7) is 5.75. The van der Waals surface area contributed by atoms with E-state index in [9.17, 15) is 0 Å². The maximum atomic E-state index is 5.72. The van der Waals surface area contributed by atoms with Gasteiger partial charge in [0.25, 0.3) is 0 Å². The van der Waals surface area contributed by atoms with Gasteiger partial charge in [-0.15, -0.1) is 0 Å². The van der Waals surface area contributed by atoms with Gasteiger partial charge in [0.15, 0.2) is 0 Å². The van der Waals surface area contributed by atoms with E-state index >= 15 is 0 Å². The van der Waals surface area contributed by atoms with Gasteiger partial charge in [0.1, 0.15) is 0 Å². The first-order valence-corrected chi connectivity index (χ1v) is 5.96. The highest BCUT2D eigenvalue weighted by Gasteiger charge is 2.01. The van der Waals surface area contributed by atoms with Crippen LogP contribution in [0.4, 0.5) is 0 Å². The number of nitrogens with two attached hydrogens (primary N) is 1. The van der Waals surface area contributed by atoms with Crippen molar-refractivity contribution in [3.8, 4) is 11.1 Å². The van der Waals surface area contributed by atoms with Gasteiger partial charge in [0.2, 0.25) is 0 Å². The van der Waals surface area contributed by atoms with Crippen LogP contribution < -0.4 is 5.73 Å². The van der Waals surface area contributed by atoms with Crippen molar-refractivity contribution in [2.75, 3.05) is 0 Å². The van der Waals surface area contributed by atoms with Crippen LogP contribution in [-0.4, -0.2) is 0 Å². The Bertz CT molecular complexity index is 576. The normalized spacial score (nSPS) is 11.3. The zero-order chi connectivity index (χ0) is 13.0. The number of allylic oxidation sites excluding steroid dienone is 1. The quantitative estimate of drug-likeness (QED) is 0.842. The third kappa shape index (κ3) is 2.69. The Morgan fingerprint density at radius 1 is 1.00 bits per heavy atom. The second kappa shape index (κ2) is 5.37. The highest BCUT2D eigenvalue weighted by molar-refractivity contribution is 5.73. The average molecular weight is 235 g/mol. The van der Waals surface area contributed by atoms with Crippen molar-refractivity contribution in [3.05, 3.63) is 71.9 Å². The first-order chi connectivity index (χ1) is 8.70. The second-order valence-corrected chi connectivity index (χ2v) is 4.30. The standard InChI is InChI=1S/C17H17N/c1-3-14-12-17(15-7-5-4-6-8-15)10-9-16(14)11-13(2)18/h3-12H,1,18H2,2H3/b13-11+. The van der Waals surface area contributed by atoms with E-state index in [0.29, 0.717) is 0 Å². The lowest BCUT2D eigenvalue weighted by Crippen LogP contribution is -1.91. The summed E-state index contributed by atoms with van der Waals surface area (Å²) in [5.74, 6) is 0. The minimum absolute atomic E-state index is 0.797. The molecule has 0 aliphatic carbocycles. The lowest BCUT2D eigenvalue weighted by atomic mass is 9.98. The van der Waals surface area contributed by atoms with Gasteiger partial charge >= 0.3 is 0 Å². The molecule has 0 unspecified atom stereocenters. The molecule has 2 rings (SSSR count). The molecule has 0 heterocycles. The fraction of sp³-hybridized carbons (Fsp3) is 0.0588. The number of hydrogen-bond acceptors (Lipinski definition) is 1. The molecule has 0 atom stereocenters. The minimum Gasteiger partial charge on any atom is -0.402 e. The van der Waals surface area contributed by atoms with Gasteiger partial charge in [-0.1, -0.05) is 55.1 Å². The van der Waals surface area contributed by atoms with Crippen LogP contribution in [0.1, 0.15) is 18.1 Å². The van der Waals surface area contributed by atoms with Crippen LogP contribution >= 0.6 is 0 Å². The minimum atomic E-state index is 0.797. The molecule has 1 heteroatoms. The average Bonchev–Trinajstić information content (AvgIpc) is 2.39. The molecular formula is C17H17N. The Morgan fingerprint density at radius 3 is 2.33 bits per heavy atom. The third-order valence-electron chi connectivity index (χ3n) is 2.80. The predicted molar refractivity (Wildman–Crippen MR) is 79.8 cm³/mol. The first kappa shape index (κ1) is 12.2. The molecule has 2 N–H and O–H groups in total. The monoisotopic (exact) mass is 235 g/mol. The van der Waals surface area contributed by atoms with Crippen molar-refractivity contribution in [1.29, 1.82) is 0 Å². The lowest BCUT2D eigenvalue weighted by molar-refractivity contribution is 1.34. The molecule has 0 aromatic heterocycles. The van der Waals surface area contributed by atoms with E-state index in [1.165, 1.54) is 11.1 Å². The van der Waals surface area contributed by atoms with Gasteiger partial charge < -0.3 is 5.73 Å². The molecule has 2 aromatic carbocycles. The van der Waals surface area contributed by atoms with E-state index < -0.39 is 0 Å². The Kier molecular flexibility index (Phi) is 3.63. The summed E-state index contributed by atoms with van der Waals surface area (Å²) in [6.07, 6.45) is 3.83. The van der Waals surface area contributed by atoms with Crippen molar-refractivity contribution < 1.29 is 0 Å². The molecule has 0 aliphatic heterocycles. The van der Waals surface area contributed by atoms with Gasteiger partial charge in [-0.25, -0.2) is 0 Å². The molecule has 0 fully saturated rings. The van der Waals surface area contributed by atoms with E-state index in [1.54, 1.807) is 0 Å². The first-order valence-electron chi connectivity index (χ1n) is 5.96. The Labute approximate surface area is 108 Å². The molecule has 0 spiro atoms. The second-order valence-electron chi connectivity index (χ2n) is 4.30. The SMILES string of the molecule is C=Cc1cc(-c2ccccc2)ccc1/C=C(\C)N. The molecule has 0 saturated heterocycles. The van der Waals surface area contributed by atoms with Gasteiger partial charge in [-0.2, -0.15) is 0 Å². The Balaban J connectivity index is 2.49. The molecule has 0 saturated carbocycles. The van der Waals surface area contributed by atoms with Crippen LogP contribution in [0.25, 0.3) is 23.3 Å². The van der Waals surface area contributed by atoms with Crippen LogP contribution in [0.3, 0.4) is 0 Å². The van der Waals surface area contributed by atoms with Gasteiger partial charge in [-0.3, -0.25) is 0 Å². The van der Waals surface area contributed by atoms with E-state index in [0.717, 1.165) is 16.8 Å². The summed E-state index contributed by atoms with van der Waals surface area (Å²) in [5.41, 5.74) is 11.1. The Hall–Kier alpha value is -2.28. The lowest BCUT2D eigenvalue weighted by Gasteiger charge is -2.07. The van der Waals surface area contributed by atoms with Crippen molar-refractivity contribution in [2.24, 2.45) is 5.73 Å². The van der Waals surface area contributed by atoms with Crippen LogP contribution in [0, 0.1) is 0 Å². The molecule has 0 radical (unpaired) electrons. The van der Waals surface area contributed by atoms with E-state index in [4.69, 9.17) is 5.73 Å². The predicted octanol–water partition coefficient (Wildman–Crippen LogP) is 4.32. The fourth-order valence-electron chi connectivity index (χ4n) is 1.94.